The molecule has 0 radical (unpaired) electrons. The van der Waals surface area contributed by atoms with E-state index in [4.69, 9.17) is 22.2 Å². The smallest absolute Gasteiger partial charge is 0.387 e. The van der Waals surface area contributed by atoms with Gasteiger partial charge in [0.2, 0.25) is 0 Å². The lowest BCUT2D eigenvalue weighted by Crippen LogP contribution is -2.36. The number of ether oxygens (including phenoxy) is 1. The Hall–Kier alpha value is -1.06. The molecule has 0 spiro atoms. The monoisotopic (exact) mass is 502 g/mol. The molecule has 20 heteroatoms. The largest absolute Gasteiger partial charge is 0.490 e. The summed E-state index contributed by atoms with van der Waals surface area (Å²) in [6.07, 6.45) is -8.64. The van der Waals surface area contributed by atoms with Gasteiger partial charge in [0.05, 0.1) is 9.30 Å². The Morgan fingerprint density at radius 3 is 2.40 bits per heavy atom. The number of phosphoric ester groups is 1. The molecule has 2 rings (SSSR count). The van der Waals surface area contributed by atoms with Crippen molar-refractivity contribution in [3.8, 4) is 0 Å². The zero-order valence-corrected chi connectivity index (χ0v) is 17.1. The molecule has 0 aromatic carbocycles. The number of aromatic amines is 1. The molecule has 6 N–H and O–H groups in total. The van der Waals surface area contributed by atoms with Crippen molar-refractivity contribution in [1.29, 1.82) is 0 Å². The van der Waals surface area contributed by atoms with Gasteiger partial charge in [0.1, 0.15) is 12.2 Å². The number of aliphatic hydroxyl groups is 1. The lowest BCUT2D eigenvalue weighted by atomic mass is 10.1. The molecule has 3 unspecified atom stereocenters. The zero-order valence-electron chi connectivity index (χ0n) is 16.5. The topological polar surface area (TPSA) is 244 Å². The summed E-state index contributed by atoms with van der Waals surface area (Å²) in [7, 11) is -17.7. The molecule has 1 aliphatic rings. The number of aryl methyl sites for hydroxylation is 1. The number of hydrogen-bond acceptors (Lipinski definition) is 10. The fourth-order valence-electron chi connectivity index (χ4n) is 2.15. The van der Waals surface area contributed by atoms with Crippen molar-refractivity contribution >= 4 is 23.5 Å². The van der Waals surface area contributed by atoms with Crippen molar-refractivity contribution in [3.63, 3.8) is 0 Å². The fourth-order valence-corrected chi connectivity index (χ4v) is 5.02. The highest BCUT2D eigenvalue weighted by atomic mass is 31.3. The van der Waals surface area contributed by atoms with Gasteiger partial charge < -0.3 is 29.4 Å². The molecule has 1 saturated heterocycles. The Labute approximate surface area is 168 Å². The van der Waals surface area contributed by atoms with Crippen LogP contribution in [0.5, 0.6) is 0 Å². The van der Waals surface area contributed by atoms with Gasteiger partial charge in [0, 0.05) is 11.8 Å². The van der Waals surface area contributed by atoms with Crippen LogP contribution in [0.15, 0.2) is 15.8 Å². The van der Waals surface area contributed by atoms with Crippen molar-refractivity contribution in [3.05, 3.63) is 32.6 Å². The number of halogens is 1. The Morgan fingerprint density at radius 1 is 1.23 bits per heavy atom. The third-order valence-corrected chi connectivity index (χ3v) is 6.98. The van der Waals surface area contributed by atoms with E-state index >= 15 is 0 Å². The van der Waals surface area contributed by atoms with Crippen LogP contribution in [0.1, 0.15) is 14.5 Å². The van der Waals surface area contributed by atoms with E-state index in [0.29, 0.717) is 4.57 Å². The maximum Gasteiger partial charge on any atom is 0.490 e. The molecule has 172 valence electrons. The number of aromatic nitrogens is 2. The second-order valence-electron chi connectivity index (χ2n) is 5.66. The average molecular weight is 502 g/mol. The van der Waals surface area contributed by atoms with Crippen LogP contribution in [-0.2, 0) is 31.6 Å². The summed E-state index contributed by atoms with van der Waals surface area (Å²) in [4.78, 5) is 60.6. The van der Waals surface area contributed by atoms with E-state index in [1.807, 2.05) is 4.98 Å². The molecule has 16 nitrogen and oxygen atoms in total. The van der Waals surface area contributed by atoms with E-state index in [2.05, 4.69) is 13.1 Å². The number of H-pyrrole nitrogens is 1. The molecular formula is C10H16FN2O14P3. The SMILES string of the molecule is [2H]C([2H])(OP(=O)(O)OP(=O)(O)OP(=O)(O)O)[C@@H]1O[C@H](n2cc(C)c(=O)[nH]c2=O)[C@H](F)C1O. The van der Waals surface area contributed by atoms with Crippen molar-refractivity contribution in [1.82, 2.24) is 9.55 Å². The highest BCUT2D eigenvalue weighted by Gasteiger charge is 2.47. The van der Waals surface area contributed by atoms with Crippen LogP contribution in [0.2, 0.25) is 0 Å². The number of alkyl halides is 1. The predicted octanol–water partition coefficient (Wildman–Crippen LogP) is -1.22. The van der Waals surface area contributed by atoms with E-state index in [1.165, 1.54) is 6.92 Å². The summed E-state index contributed by atoms with van der Waals surface area (Å²) < 4.78 is 79.8. The van der Waals surface area contributed by atoms with Crippen LogP contribution >= 0.6 is 23.5 Å². The summed E-state index contributed by atoms with van der Waals surface area (Å²) >= 11 is 0. The van der Waals surface area contributed by atoms with Gasteiger partial charge in [0.25, 0.3) is 5.56 Å². The molecule has 1 aliphatic heterocycles. The van der Waals surface area contributed by atoms with Gasteiger partial charge >= 0.3 is 29.2 Å². The molecule has 0 saturated carbocycles. The Balaban J connectivity index is 2.27. The number of hydrogen-bond donors (Lipinski definition) is 6. The van der Waals surface area contributed by atoms with E-state index < -0.39 is 65.9 Å². The molecule has 0 bridgehead atoms. The third-order valence-electron chi connectivity index (χ3n) is 3.32. The van der Waals surface area contributed by atoms with E-state index in [-0.39, 0.29) is 5.56 Å². The molecule has 30 heavy (non-hydrogen) atoms. The second-order valence-corrected chi connectivity index (χ2v) is 10.0. The van der Waals surface area contributed by atoms with Gasteiger partial charge in [-0.05, 0) is 6.92 Å². The minimum Gasteiger partial charge on any atom is -0.387 e. The maximum atomic E-state index is 14.5. The van der Waals surface area contributed by atoms with Gasteiger partial charge in [0.15, 0.2) is 12.4 Å². The first kappa shape index (κ1) is 22.1. The molecule has 1 aromatic heterocycles. The molecular weight excluding hydrogens is 484 g/mol. The van der Waals surface area contributed by atoms with Crippen LogP contribution in [0.4, 0.5) is 4.39 Å². The number of nitrogens with zero attached hydrogens (tertiary/aromatic N) is 1. The zero-order chi connectivity index (χ0) is 24.9. The van der Waals surface area contributed by atoms with E-state index in [9.17, 15) is 37.7 Å². The van der Waals surface area contributed by atoms with Crippen LogP contribution in [0.3, 0.4) is 0 Å². The third kappa shape index (κ3) is 6.47. The minimum atomic E-state index is -6.02. The highest BCUT2D eigenvalue weighted by Crippen LogP contribution is 2.66. The van der Waals surface area contributed by atoms with E-state index in [0.717, 1.165) is 6.20 Å². The Morgan fingerprint density at radius 2 is 1.83 bits per heavy atom. The van der Waals surface area contributed by atoms with E-state index in [1.54, 1.807) is 0 Å². The van der Waals surface area contributed by atoms with Gasteiger partial charge in [-0.2, -0.15) is 8.62 Å². The molecule has 2 heterocycles. The number of phosphoric acid groups is 3. The first-order chi connectivity index (χ1) is 14.2. The van der Waals surface area contributed by atoms with Crippen LogP contribution < -0.4 is 11.2 Å². The van der Waals surface area contributed by atoms with Crippen molar-refractivity contribution in [2.24, 2.45) is 0 Å². The molecule has 1 aromatic rings. The van der Waals surface area contributed by atoms with Crippen molar-refractivity contribution in [2.75, 3.05) is 6.56 Å². The number of rotatable bonds is 8. The molecule has 0 amide bonds. The van der Waals surface area contributed by atoms with Gasteiger partial charge in [-0.1, -0.05) is 0 Å². The fraction of sp³-hybridized carbons (Fsp3) is 0.600. The van der Waals surface area contributed by atoms with Crippen molar-refractivity contribution < 1.29 is 63.4 Å². The first-order valence-electron chi connectivity index (χ1n) is 8.39. The summed E-state index contributed by atoms with van der Waals surface area (Å²) in [6.45, 7) is -2.43. The Bertz CT molecular complexity index is 1130. The van der Waals surface area contributed by atoms with Crippen LogP contribution in [0.25, 0.3) is 0 Å². The lowest BCUT2D eigenvalue weighted by Gasteiger charge is -2.19. The summed E-state index contributed by atoms with van der Waals surface area (Å²) in [5.41, 5.74) is -2.11. The number of aliphatic hydroxyl groups excluding tert-OH is 1. The van der Waals surface area contributed by atoms with Gasteiger partial charge in [-0.25, -0.2) is 22.9 Å². The number of nitrogens with one attached hydrogen (secondary N) is 1. The lowest BCUT2D eigenvalue weighted by molar-refractivity contribution is -0.0483. The second kappa shape index (κ2) is 8.82. The summed E-state index contributed by atoms with van der Waals surface area (Å²) in [5, 5.41) is 9.97. The first-order valence-corrected chi connectivity index (χ1v) is 11.9. The Kier molecular flexibility index (Phi) is 6.51. The maximum absolute atomic E-state index is 14.5. The standard InChI is InChI=1S/C10H16FN2O14P3/c1-4-2-13(10(16)12-8(4)15)9-6(11)7(14)5(25-9)3-24-29(20,21)27-30(22,23)26-28(17,18)19/h2,5-7,9,14H,3H2,1H3,(H,20,21)(H,22,23)(H,12,15,16)(H2,17,18,19)/t5-,6+,7?,9-/m0/s1/i3D2. The summed E-state index contributed by atoms with van der Waals surface area (Å²) in [6, 6.07) is 0. The van der Waals surface area contributed by atoms with Crippen molar-refractivity contribution in [2.45, 2.75) is 31.5 Å². The average Bonchev–Trinajstić information content (AvgIpc) is 2.82. The molecule has 0 aliphatic carbocycles. The molecule has 1 fully saturated rings. The predicted molar refractivity (Wildman–Crippen MR) is 90.7 cm³/mol. The van der Waals surface area contributed by atoms with Crippen LogP contribution in [-0.4, -0.2) is 59.2 Å². The highest BCUT2D eigenvalue weighted by molar-refractivity contribution is 7.66. The van der Waals surface area contributed by atoms with Crippen LogP contribution in [0, 0.1) is 6.92 Å². The normalized spacial score (nSPS) is 30.2. The minimum absolute atomic E-state index is 0.0883. The quantitative estimate of drug-likeness (QED) is 0.228. The molecule has 6 atom stereocenters. The van der Waals surface area contributed by atoms with Gasteiger partial charge in [-0.3, -0.25) is 18.9 Å². The van der Waals surface area contributed by atoms with Gasteiger partial charge in [-0.15, -0.1) is 0 Å². The summed E-state index contributed by atoms with van der Waals surface area (Å²) in [5.74, 6) is 0.